The highest BCUT2D eigenvalue weighted by Crippen LogP contribution is 2.21. The lowest BCUT2D eigenvalue weighted by Gasteiger charge is -2.03. The Balaban J connectivity index is 0.000000537. The zero-order valence-electron chi connectivity index (χ0n) is 15.7. The first-order chi connectivity index (χ1) is 13.6. The minimum absolute atomic E-state index is 0.159. The fourth-order valence-corrected chi connectivity index (χ4v) is 2.65. The molecule has 1 heterocycles. The molecule has 2 N–H and O–H groups in total. The van der Waals surface area contributed by atoms with Crippen molar-refractivity contribution < 1.29 is 36.6 Å². The Bertz CT molecular complexity index is 1030. The van der Waals surface area contributed by atoms with E-state index in [0.29, 0.717) is 13.0 Å². The zero-order chi connectivity index (χ0) is 21.4. The third-order valence-electron chi connectivity index (χ3n) is 3.86. The van der Waals surface area contributed by atoms with Gasteiger partial charge in [0.1, 0.15) is 17.9 Å². The molecule has 0 fully saturated rings. The molecule has 0 spiro atoms. The Morgan fingerprint density at radius 3 is 2.34 bits per heavy atom. The van der Waals surface area contributed by atoms with Crippen molar-refractivity contribution in [3.8, 4) is 11.3 Å². The third-order valence-corrected chi connectivity index (χ3v) is 3.86. The second kappa shape index (κ2) is 9.91. The van der Waals surface area contributed by atoms with Crippen LogP contribution in [0.3, 0.4) is 0 Å². The summed E-state index contributed by atoms with van der Waals surface area (Å²) in [5, 5.41) is 10.7. The van der Waals surface area contributed by atoms with Gasteiger partial charge in [-0.15, -0.1) is 0 Å². The van der Waals surface area contributed by atoms with Gasteiger partial charge in [-0.2, -0.15) is 0 Å². The molecule has 0 aliphatic heterocycles. The van der Waals surface area contributed by atoms with E-state index in [1.165, 1.54) is 0 Å². The molecule has 0 unspecified atom stereocenters. The van der Waals surface area contributed by atoms with E-state index >= 15 is 0 Å². The van der Waals surface area contributed by atoms with Crippen LogP contribution in [0.25, 0.3) is 22.3 Å². The van der Waals surface area contributed by atoms with Crippen molar-refractivity contribution in [1.29, 1.82) is 0 Å². The number of nitrogens with one attached hydrogen (secondary N) is 1. The van der Waals surface area contributed by atoms with Crippen LogP contribution in [0.15, 0.2) is 59.0 Å². The van der Waals surface area contributed by atoms with Crippen molar-refractivity contribution in [2.24, 2.45) is 0 Å². The molecule has 4 nitrogen and oxygen atoms in total. The summed E-state index contributed by atoms with van der Waals surface area (Å²) in [6.45, 7) is 2.65. The van der Waals surface area contributed by atoms with Gasteiger partial charge in [-0.25, -0.2) is 4.99 Å². The van der Waals surface area contributed by atoms with Crippen LogP contribution in [0.1, 0.15) is 18.4 Å². The Labute approximate surface area is 164 Å². The van der Waals surface area contributed by atoms with E-state index in [9.17, 15) is 22.1 Å². The quantitative estimate of drug-likeness (QED) is 0.385. The highest BCUT2D eigenvalue weighted by atomic mass is 19.5. The first-order valence-corrected chi connectivity index (χ1v) is 8.89. The molecule has 154 valence electrons. The van der Waals surface area contributed by atoms with Crippen LogP contribution in [-0.2, 0) is 4.79 Å². The van der Waals surface area contributed by atoms with Gasteiger partial charge in [0.05, 0.1) is 17.9 Å². The number of fused-ring (bicyclic) bond motifs is 1. The largest absolute Gasteiger partial charge is 0.673 e. The number of carboxylic acids is 1. The first-order valence-electron chi connectivity index (χ1n) is 8.89. The summed E-state index contributed by atoms with van der Waals surface area (Å²) in [7, 11) is -6.00. The standard InChI is InChI=1S/C20H19NO3.BF4/c1-14-9-10-18-16(12-14)17(21-11-5-8-20(22)23)13-19(24-18)15-6-3-2-4-7-15;2-1(3,4)5/h2-4,6-7,9-10,12-13H,5,8,11H2,1H3,(H,22,23);/q;-1/p+1. The van der Waals surface area contributed by atoms with Crippen molar-refractivity contribution in [2.75, 3.05) is 6.54 Å². The molecule has 0 atom stereocenters. The molecule has 2 aromatic carbocycles. The van der Waals surface area contributed by atoms with Crippen LogP contribution in [-0.4, -0.2) is 24.9 Å². The van der Waals surface area contributed by atoms with Crippen molar-refractivity contribution in [3.63, 3.8) is 0 Å². The van der Waals surface area contributed by atoms with Crippen LogP contribution in [0.4, 0.5) is 17.3 Å². The summed E-state index contributed by atoms with van der Waals surface area (Å²) in [5.41, 5.74) is 2.97. The van der Waals surface area contributed by atoms with E-state index < -0.39 is 13.2 Å². The van der Waals surface area contributed by atoms with Gasteiger partial charge >= 0.3 is 13.2 Å². The molecular weight excluding hydrogens is 389 g/mol. The number of hydrogen-bond acceptors (Lipinski definition) is 2. The van der Waals surface area contributed by atoms with E-state index in [4.69, 9.17) is 9.52 Å². The highest BCUT2D eigenvalue weighted by molar-refractivity contribution is 6.50. The molecule has 3 rings (SSSR count). The predicted molar refractivity (Wildman–Crippen MR) is 102 cm³/mol. The molecule has 0 aliphatic rings. The van der Waals surface area contributed by atoms with Crippen LogP contribution >= 0.6 is 0 Å². The Kier molecular flexibility index (Phi) is 7.58. The van der Waals surface area contributed by atoms with Gasteiger partial charge in [-0.05, 0) is 19.1 Å². The second-order valence-corrected chi connectivity index (χ2v) is 6.31. The van der Waals surface area contributed by atoms with Gasteiger partial charge < -0.3 is 26.8 Å². The molecule has 29 heavy (non-hydrogen) atoms. The third kappa shape index (κ3) is 7.81. The summed E-state index contributed by atoms with van der Waals surface area (Å²) in [6.07, 6.45) is 0.738. The van der Waals surface area contributed by atoms with Gasteiger partial charge in [0.2, 0.25) is 5.36 Å². The van der Waals surface area contributed by atoms with Gasteiger partial charge in [0, 0.05) is 12.0 Å². The van der Waals surface area contributed by atoms with Crippen molar-refractivity contribution in [2.45, 2.75) is 19.8 Å². The molecule has 0 bridgehead atoms. The lowest BCUT2D eigenvalue weighted by atomic mass is 10.1. The lowest BCUT2D eigenvalue weighted by molar-refractivity contribution is -0.499. The highest BCUT2D eigenvalue weighted by Gasteiger charge is 2.20. The van der Waals surface area contributed by atoms with Gasteiger partial charge in [-0.1, -0.05) is 42.0 Å². The Hall–Kier alpha value is -3.10. The van der Waals surface area contributed by atoms with E-state index in [0.717, 1.165) is 33.2 Å². The molecule has 0 saturated heterocycles. The fourth-order valence-electron chi connectivity index (χ4n) is 2.65. The minimum Gasteiger partial charge on any atom is -0.481 e. The summed E-state index contributed by atoms with van der Waals surface area (Å²) in [4.78, 5) is 14.0. The molecule has 3 aromatic rings. The second-order valence-electron chi connectivity index (χ2n) is 6.31. The maximum absolute atomic E-state index is 10.7. The van der Waals surface area contributed by atoms with Gasteiger partial charge in [0.25, 0.3) is 0 Å². The number of carbonyl (C=O) groups is 1. The minimum atomic E-state index is -6.00. The maximum atomic E-state index is 10.7. The monoisotopic (exact) mass is 409 g/mol. The number of halogens is 4. The van der Waals surface area contributed by atoms with Crippen molar-refractivity contribution in [3.05, 3.63) is 65.5 Å². The van der Waals surface area contributed by atoms with Gasteiger partial charge in [-0.3, -0.25) is 4.79 Å². The maximum Gasteiger partial charge on any atom is 0.673 e. The number of carboxylic acid groups (broad SMARTS) is 1. The Morgan fingerprint density at radius 1 is 1.07 bits per heavy atom. The number of hydrogen-bond donors (Lipinski definition) is 2. The van der Waals surface area contributed by atoms with Gasteiger partial charge in [0.15, 0.2) is 0 Å². The average Bonchev–Trinajstić information content (AvgIpc) is 2.64. The summed E-state index contributed by atoms with van der Waals surface area (Å²) >= 11 is 0. The van der Waals surface area contributed by atoms with E-state index in [1.54, 1.807) is 0 Å². The molecule has 9 heteroatoms. The smallest absolute Gasteiger partial charge is 0.481 e. The Morgan fingerprint density at radius 2 is 1.72 bits per heavy atom. The van der Waals surface area contributed by atoms with E-state index in [2.05, 4.69) is 11.1 Å². The molecule has 1 aromatic heterocycles. The van der Waals surface area contributed by atoms with Crippen LogP contribution < -0.4 is 10.3 Å². The number of aryl methyl sites for hydroxylation is 1. The topological polar surface area (TPSA) is 64.4 Å². The lowest BCUT2D eigenvalue weighted by Crippen LogP contribution is -2.76. The first kappa shape index (κ1) is 22.2. The number of rotatable bonds is 5. The van der Waals surface area contributed by atoms with Crippen molar-refractivity contribution >= 4 is 24.2 Å². The average molecular weight is 409 g/mol. The molecule has 0 amide bonds. The zero-order valence-corrected chi connectivity index (χ0v) is 15.7. The summed E-state index contributed by atoms with van der Waals surface area (Å²) in [5.74, 6) is 0.0122. The van der Waals surface area contributed by atoms with Crippen LogP contribution in [0, 0.1) is 6.92 Å². The predicted octanol–water partition coefficient (Wildman–Crippen LogP) is 3.55. The number of benzene rings is 2. The normalized spacial score (nSPS) is 11.8. The van der Waals surface area contributed by atoms with E-state index in [1.807, 2.05) is 55.5 Å². The molecule has 0 radical (unpaired) electrons. The SMILES string of the molecule is Cc1ccc2oc(-c3ccccc3)cc(=[NH+]CCCC(=O)O)c2c1.F[B-](F)(F)F. The molecular formula is C20H20BF4NO3. The van der Waals surface area contributed by atoms with Crippen LogP contribution in [0.2, 0.25) is 0 Å². The molecule has 0 saturated carbocycles. The summed E-state index contributed by atoms with van der Waals surface area (Å²) < 4.78 is 45.1. The van der Waals surface area contributed by atoms with Crippen LogP contribution in [0.5, 0.6) is 0 Å². The van der Waals surface area contributed by atoms with Crippen molar-refractivity contribution in [1.82, 2.24) is 0 Å². The molecule has 0 aliphatic carbocycles. The summed E-state index contributed by atoms with van der Waals surface area (Å²) in [6, 6.07) is 18.0. The fraction of sp³-hybridized carbons (Fsp3) is 0.200. The van der Waals surface area contributed by atoms with E-state index in [-0.39, 0.29) is 6.42 Å². The number of aliphatic carboxylic acids is 1.